The van der Waals surface area contributed by atoms with Crippen LogP contribution in [0.5, 0.6) is 0 Å². The highest BCUT2D eigenvalue weighted by Gasteiger charge is 2.18. The van der Waals surface area contributed by atoms with E-state index in [0.29, 0.717) is 24.3 Å². The van der Waals surface area contributed by atoms with Crippen molar-refractivity contribution in [1.82, 2.24) is 15.1 Å². The van der Waals surface area contributed by atoms with Crippen LogP contribution in [-0.2, 0) is 0 Å². The average Bonchev–Trinajstić information content (AvgIpc) is 2.55. The van der Waals surface area contributed by atoms with Crippen LogP contribution in [-0.4, -0.2) is 34.6 Å². The highest BCUT2D eigenvalue weighted by atomic mass is 16.2. The predicted molar refractivity (Wildman–Crippen MR) is 54.9 cm³/mol. The number of nitriles is 1. The number of anilines is 1. The summed E-state index contributed by atoms with van der Waals surface area (Å²) in [6, 6.07) is 1.97. The van der Waals surface area contributed by atoms with Crippen LogP contribution in [0.4, 0.5) is 5.69 Å². The van der Waals surface area contributed by atoms with Crippen molar-refractivity contribution in [2.75, 3.05) is 19.3 Å². The molecule has 1 heterocycles. The van der Waals surface area contributed by atoms with E-state index < -0.39 is 0 Å². The Labute approximate surface area is 87.7 Å². The number of nitrogens with one attached hydrogen (secondary N) is 1. The van der Waals surface area contributed by atoms with Gasteiger partial charge in [-0.15, -0.1) is 0 Å². The minimum atomic E-state index is -0.271. The molecule has 0 saturated heterocycles. The maximum atomic E-state index is 11.7. The normalized spacial score (nSPS) is 9.67. The molecule has 6 heteroatoms. The zero-order valence-electron chi connectivity index (χ0n) is 8.74. The third-order valence-electron chi connectivity index (χ3n) is 2.10. The second kappa shape index (κ2) is 4.46. The number of aryl methyl sites for hydroxylation is 1. The third kappa shape index (κ3) is 2.26. The minimum Gasteiger partial charge on any atom is -0.395 e. The average molecular weight is 207 g/mol. The van der Waals surface area contributed by atoms with Gasteiger partial charge in [0, 0.05) is 13.6 Å². The van der Waals surface area contributed by atoms with Crippen molar-refractivity contribution >= 4 is 11.6 Å². The Morgan fingerprint density at radius 1 is 1.73 bits per heavy atom. The largest absolute Gasteiger partial charge is 0.395 e. The van der Waals surface area contributed by atoms with Crippen LogP contribution < -0.4 is 5.73 Å². The molecule has 0 bridgehead atoms. The van der Waals surface area contributed by atoms with Gasteiger partial charge in [-0.2, -0.15) is 10.4 Å². The van der Waals surface area contributed by atoms with Crippen LogP contribution in [0.2, 0.25) is 0 Å². The number of amides is 1. The summed E-state index contributed by atoms with van der Waals surface area (Å²) in [5.41, 5.74) is 6.92. The molecule has 80 valence electrons. The lowest BCUT2D eigenvalue weighted by atomic mass is 10.3. The molecular formula is C9H13N5O. The number of nitrogens with zero attached hydrogens (tertiary/aromatic N) is 3. The lowest BCUT2D eigenvalue weighted by Gasteiger charge is -2.13. The number of carbonyl (C=O) groups is 1. The molecule has 0 fully saturated rings. The first kappa shape index (κ1) is 11.0. The van der Waals surface area contributed by atoms with Crippen molar-refractivity contribution in [3.8, 4) is 6.07 Å². The maximum Gasteiger partial charge on any atom is 0.276 e. The topological polar surface area (TPSA) is 98.8 Å². The fourth-order valence-electron chi connectivity index (χ4n) is 1.10. The van der Waals surface area contributed by atoms with Gasteiger partial charge >= 0.3 is 0 Å². The van der Waals surface area contributed by atoms with Gasteiger partial charge in [-0.1, -0.05) is 0 Å². The lowest BCUT2D eigenvalue weighted by Crippen LogP contribution is -2.28. The summed E-state index contributed by atoms with van der Waals surface area (Å²) >= 11 is 0. The zero-order chi connectivity index (χ0) is 11.4. The van der Waals surface area contributed by atoms with Crippen LogP contribution in [0.3, 0.4) is 0 Å². The fraction of sp³-hybridized carbons (Fsp3) is 0.444. The molecule has 0 atom stereocenters. The van der Waals surface area contributed by atoms with Crippen molar-refractivity contribution in [2.24, 2.45) is 0 Å². The van der Waals surface area contributed by atoms with Gasteiger partial charge in [-0.3, -0.25) is 9.89 Å². The minimum absolute atomic E-state index is 0.216. The lowest BCUT2D eigenvalue weighted by molar-refractivity contribution is 0.0793. The van der Waals surface area contributed by atoms with E-state index in [-0.39, 0.29) is 11.6 Å². The van der Waals surface area contributed by atoms with Crippen LogP contribution in [0.15, 0.2) is 0 Å². The van der Waals surface area contributed by atoms with Gasteiger partial charge in [0.25, 0.3) is 5.91 Å². The summed E-state index contributed by atoms with van der Waals surface area (Å²) in [6.45, 7) is 2.12. The highest BCUT2D eigenvalue weighted by Crippen LogP contribution is 2.14. The van der Waals surface area contributed by atoms with Crippen molar-refractivity contribution in [1.29, 1.82) is 5.26 Å². The summed E-state index contributed by atoms with van der Waals surface area (Å²) in [5.74, 6) is -0.271. The molecule has 3 N–H and O–H groups in total. The monoisotopic (exact) mass is 207 g/mol. The molecule has 0 aromatic carbocycles. The van der Waals surface area contributed by atoms with Crippen LogP contribution >= 0.6 is 0 Å². The Kier molecular flexibility index (Phi) is 3.29. The molecule has 0 unspecified atom stereocenters. The van der Waals surface area contributed by atoms with Crippen molar-refractivity contribution < 1.29 is 4.79 Å². The van der Waals surface area contributed by atoms with E-state index in [9.17, 15) is 4.79 Å². The van der Waals surface area contributed by atoms with Gasteiger partial charge in [0.05, 0.1) is 23.9 Å². The van der Waals surface area contributed by atoms with E-state index >= 15 is 0 Å². The number of rotatable bonds is 3. The second-order valence-corrected chi connectivity index (χ2v) is 3.25. The SMILES string of the molecule is Cc1[nH]nc(C(=O)N(C)CCC#N)c1N. The molecule has 1 aromatic rings. The second-order valence-electron chi connectivity index (χ2n) is 3.25. The van der Waals surface area contributed by atoms with Gasteiger partial charge in [0.15, 0.2) is 5.69 Å². The van der Waals surface area contributed by atoms with E-state index in [1.165, 1.54) is 4.90 Å². The number of aromatic amines is 1. The molecule has 0 radical (unpaired) electrons. The molecular weight excluding hydrogens is 194 g/mol. The first-order valence-electron chi connectivity index (χ1n) is 4.50. The van der Waals surface area contributed by atoms with Crippen LogP contribution in [0, 0.1) is 18.3 Å². The van der Waals surface area contributed by atoms with E-state index in [4.69, 9.17) is 11.0 Å². The standard InChI is InChI=1S/C9H13N5O/c1-6-7(11)8(13-12-6)9(15)14(2)5-3-4-10/h3,5,11H2,1-2H3,(H,12,13). The van der Waals surface area contributed by atoms with Crippen molar-refractivity contribution in [2.45, 2.75) is 13.3 Å². The van der Waals surface area contributed by atoms with E-state index in [0.717, 1.165) is 0 Å². The number of hydrogen-bond acceptors (Lipinski definition) is 4. The number of carbonyl (C=O) groups excluding carboxylic acids is 1. The molecule has 1 aromatic heterocycles. The van der Waals surface area contributed by atoms with Gasteiger partial charge < -0.3 is 10.6 Å². The Balaban J connectivity index is 2.77. The Morgan fingerprint density at radius 3 is 2.87 bits per heavy atom. The molecule has 0 aliphatic carbocycles. The summed E-state index contributed by atoms with van der Waals surface area (Å²) in [6.07, 6.45) is 0.297. The van der Waals surface area contributed by atoms with E-state index in [1.807, 2.05) is 6.07 Å². The summed E-state index contributed by atoms with van der Waals surface area (Å²) < 4.78 is 0. The number of H-pyrrole nitrogens is 1. The first-order chi connectivity index (χ1) is 7.07. The Hall–Kier alpha value is -2.03. The van der Waals surface area contributed by atoms with Gasteiger partial charge in [0.1, 0.15) is 0 Å². The maximum absolute atomic E-state index is 11.7. The van der Waals surface area contributed by atoms with Gasteiger partial charge in [-0.05, 0) is 6.92 Å². The summed E-state index contributed by atoms with van der Waals surface area (Å²) in [4.78, 5) is 13.2. The molecule has 0 spiro atoms. The molecule has 1 rings (SSSR count). The zero-order valence-corrected chi connectivity index (χ0v) is 8.74. The number of hydrogen-bond donors (Lipinski definition) is 2. The number of nitrogen functional groups attached to an aromatic ring is 1. The van der Waals surface area contributed by atoms with Crippen LogP contribution in [0.1, 0.15) is 22.6 Å². The van der Waals surface area contributed by atoms with Crippen molar-refractivity contribution in [3.63, 3.8) is 0 Å². The molecule has 1 amide bonds. The molecule has 0 aliphatic rings. The Morgan fingerprint density at radius 2 is 2.40 bits per heavy atom. The number of aromatic nitrogens is 2. The quantitative estimate of drug-likeness (QED) is 0.743. The highest BCUT2D eigenvalue weighted by molar-refractivity contribution is 5.97. The van der Waals surface area contributed by atoms with Gasteiger partial charge in [0.2, 0.25) is 0 Å². The summed E-state index contributed by atoms with van der Waals surface area (Å²) in [7, 11) is 1.61. The van der Waals surface area contributed by atoms with Gasteiger partial charge in [-0.25, -0.2) is 0 Å². The molecule has 0 aliphatic heterocycles. The number of nitrogens with two attached hydrogens (primary N) is 1. The van der Waals surface area contributed by atoms with E-state index in [1.54, 1.807) is 14.0 Å². The Bertz CT molecular complexity index is 403. The van der Waals surface area contributed by atoms with Crippen LogP contribution in [0.25, 0.3) is 0 Å². The first-order valence-corrected chi connectivity index (χ1v) is 4.50. The molecule has 15 heavy (non-hydrogen) atoms. The predicted octanol–water partition coefficient (Wildman–Crippen LogP) is 0.286. The molecule has 0 saturated carbocycles. The smallest absolute Gasteiger partial charge is 0.276 e. The summed E-state index contributed by atoms with van der Waals surface area (Å²) in [5, 5.41) is 14.9. The fourth-order valence-corrected chi connectivity index (χ4v) is 1.10. The van der Waals surface area contributed by atoms with Crippen molar-refractivity contribution in [3.05, 3.63) is 11.4 Å². The molecule has 6 nitrogen and oxygen atoms in total. The third-order valence-corrected chi connectivity index (χ3v) is 2.10. The van der Waals surface area contributed by atoms with E-state index in [2.05, 4.69) is 10.2 Å².